The summed E-state index contributed by atoms with van der Waals surface area (Å²) in [4.78, 5) is 0. The van der Waals surface area contributed by atoms with E-state index in [-0.39, 0.29) is 0 Å². The van der Waals surface area contributed by atoms with Crippen molar-refractivity contribution in [3.8, 4) is 0 Å². The quantitative estimate of drug-likeness (QED) is 0.844. The number of nitrogens with one attached hydrogen (secondary N) is 1. The first-order valence-corrected chi connectivity index (χ1v) is 7.40. The van der Waals surface area contributed by atoms with E-state index < -0.39 is 0 Å². The summed E-state index contributed by atoms with van der Waals surface area (Å²) in [7, 11) is 1.98. The second kappa shape index (κ2) is 6.32. The molecule has 0 saturated heterocycles. The molecule has 1 aliphatic rings. The normalized spacial score (nSPS) is 16.9. The highest BCUT2D eigenvalue weighted by Gasteiger charge is 2.27. The van der Waals surface area contributed by atoms with Crippen LogP contribution in [0.2, 0.25) is 0 Å². The Labute approximate surface area is 110 Å². The molecule has 1 heterocycles. The Morgan fingerprint density at radius 1 is 1.28 bits per heavy atom. The molecular formula is C14H26N4. The molecule has 4 nitrogen and oxygen atoms in total. The Hall–Kier alpha value is -0.900. The third-order valence-electron chi connectivity index (χ3n) is 4.18. The summed E-state index contributed by atoms with van der Waals surface area (Å²) in [6.45, 7) is 5.32. The highest BCUT2D eigenvalue weighted by atomic mass is 15.4. The van der Waals surface area contributed by atoms with Crippen molar-refractivity contribution in [2.45, 2.75) is 70.9 Å². The van der Waals surface area contributed by atoms with Gasteiger partial charge in [0.25, 0.3) is 0 Å². The van der Waals surface area contributed by atoms with Crippen LogP contribution in [0.15, 0.2) is 0 Å². The maximum absolute atomic E-state index is 4.45. The van der Waals surface area contributed by atoms with E-state index in [1.54, 1.807) is 0 Å². The van der Waals surface area contributed by atoms with Gasteiger partial charge in [0.2, 0.25) is 0 Å². The van der Waals surface area contributed by atoms with E-state index in [2.05, 4.69) is 34.2 Å². The van der Waals surface area contributed by atoms with Gasteiger partial charge in [-0.2, -0.15) is 0 Å². The van der Waals surface area contributed by atoms with Gasteiger partial charge < -0.3 is 5.32 Å². The maximum Gasteiger partial charge on any atom is 0.0999 e. The molecule has 1 N–H and O–H groups in total. The molecule has 0 spiro atoms. The zero-order valence-corrected chi connectivity index (χ0v) is 11.9. The zero-order chi connectivity index (χ0) is 13.0. The van der Waals surface area contributed by atoms with Crippen molar-refractivity contribution in [3.63, 3.8) is 0 Å². The molecule has 0 amide bonds. The van der Waals surface area contributed by atoms with Gasteiger partial charge in [-0.1, -0.05) is 31.9 Å². The highest BCUT2D eigenvalue weighted by molar-refractivity contribution is 5.17. The van der Waals surface area contributed by atoms with Crippen molar-refractivity contribution in [2.75, 3.05) is 7.05 Å². The molecule has 18 heavy (non-hydrogen) atoms. The predicted molar refractivity (Wildman–Crippen MR) is 73.6 cm³/mol. The Balaban J connectivity index is 2.32. The van der Waals surface area contributed by atoms with E-state index >= 15 is 0 Å². The van der Waals surface area contributed by atoms with E-state index in [1.807, 2.05) is 7.05 Å². The lowest BCUT2D eigenvalue weighted by Gasteiger charge is -2.19. The van der Waals surface area contributed by atoms with Gasteiger partial charge in [-0.25, -0.2) is 4.68 Å². The minimum atomic E-state index is 0.513. The smallest absolute Gasteiger partial charge is 0.0999 e. The maximum atomic E-state index is 4.45. The lowest BCUT2D eigenvalue weighted by Crippen LogP contribution is -2.16. The number of rotatable bonds is 6. The van der Waals surface area contributed by atoms with E-state index in [0.717, 1.165) is 25.1 Å². The average molecular weight is 250 g/mol. The van der Waals surface area contributed by atoms with Crippen LogP contribution >= 0.6 is 0 Å². The predicted octanol–water partition coefficient (Wildman–Crippen LogP) is 3.02. The van der Waals surface area contributed by atoms with Crippen LogP contribution in [0.3, 0.4) is 0 Å². The van der Waals surface area contributed by atoms with Gasteiger partial charge in [0.1, 0.15) is 0 Å². The summed E-state index contributed by atoms with van der Waals surface area (Å²) in [5.74, 6) is 0.684. The van der Waals surface area contributed by atoms with Crippen molar-refractivity contribution in [1.82, 2.24) is 20.3 Å². The van der Waals surface area contributed by atoms with Crippen LogP contribution in [0.25, 0.3) is 0 Å². The second-order valence-corrected chi connectivity index (χ2v) is 5.35. The molecule has 1 saturated carbocycles. The minimum Gasteiger partial charge on any atom is -0.314 e. The molecule has 0 aliphatic heterocycles. The van der Waals surface area contributed by atoms with Crippen LogP contribution < -0.4 is 5.32 Å². The largest absolute Gasteiger partial charge is 0.314 e. The van der Waals surface area contributed by atoms with Crippen LogP contribution in [-0.4, -0.2) is 22.0 Å². The van der Waals surface area contributed by atoms with Crippen molar-refractivity contribution in [1.29, 1.82) is 0 Å². The number of hydrogen-bond donors (Lipinski definition) is 1. The molecule has 1 aromatic heterocycles. The van der Waals surface area contributed by atoms with Gasteiger partial charge in [0.15, 0.2) is 0 Å². The third-order valence-corrected chi connectivity index (χ3v) is 4.18. The zero-order valence-electron chi connectivity index (χ0n) is 11.9. The lowest BCUT2D eigenvalue weighted by atomic mass is 10.0. The van der Waals surface area contributed by atoms with Gasteiger partial charge in [-0.15, -0.1) is 5.10 Å². The monoisotopic (exact) mass is 250 g/mol. The standard InChI is InChI=1S/C14H26N4/c1-4-12(5-2)18-14(11-8-6-7-9-11)13(10-15-3)16-17-18/h11-12,15H,4-10H2,1-3H3. The van der Waals surface area contributed by atoms with Crippen LogP contribution in [-0.2, 0) is 6.54 Å². The van der Waals surface area contributed by atoms with Crippen LogP contribution in [0, 0.1) is 0 Å². The Kier molecular flexibility index (Phi) is 4.75. The van der Waals surface area contributed by atoms with E-state index in [1.165, 1.54) is 31.4 Å². The van der Waals surface area contributed by atoms with Gasteiger partial charge >= 0.3 is 0 Å². The Morgan fingerprint density at radius 3 is 2.50 bits per heavy atom. The van der Waals surface area contributed by atoms with Crippen LogP contribution in [0.4, 0.5) is 0 Å². The second-order valence-electron chi connectivity index (χ2n) is 5.35. The molecule has 0 unspecified atom stereocenters. The molecule has 4 heteroatoms. The first-order chi connectivity index (χ1) is 8.81. The molecule has 2 rings (SSSR count). The number of aromatic nitrogens is 3. The van der Waals surface area contributed by atoms with E-state index in [4.69, 9.17) is 0 Å². The minimum absolute atomic E-state index is 0.513. The summed E-state index contributed by atoms with van der Waals surface area (Å²) in [5, 5.41) is 12.1. The third kappa shape index (κ3) is 2.58. The number of nitrogens with zero attached hydrogens (tertiary/aromatic N) is 3. The van der Waals surface area contributed by atoms with Gasteiger partial charge in [0, 0.05) is 12.5 Å². The molecule has 1 aromatic rings. The summed E-state index contributed by atoms with van der Waals surface area (Å²) in [6.07, 6.45) is 7.61. The first kappa shape index (κ1) is 13.5. The topological polar surface area (TPSA) is 42.7 Å². The SMILES string of the molecule is CCC(CC)n1nnc(CNC)c1C1CCCC1. The van der Waals surface area contributed by atoms with Gasteiger partial charge in [0.05, 0.1) is 17.4 Å². The molecule has 1 fully saturated rings. The Morgan fingerprint density at radius 2 is 1.94 bits per heavy atom. The fourth-order valence-electron chi connectivity index (χ4n) is 3.15. The fraction of sp³-hybridized carbons (Fsp3) is 0.857. The molecule has 0 bridgehead atoms. The lowest BCUT2D eigenvalue weighted by molar-refractivity contribution is 0.394. The fourth-order valence-corrected chi connectivity index (χ4v) is 3.15. The summed E-state index contributed by atoms with van der Waals surface area (Å²) in [5.41, 5.74) is 2.58. The van der Waals surface area contributed by atoms with Crippen molar-refractivity contribution >= 4 is 0 Å². The van der Waals surface area contributed by atoms with Crippen LogP contribution in [0.1, 0.15) is 75.7 Å². The van der Waals surface area contributed by atoms with Gasteiger partial charge in [-0.05, 0) is 32.7 Å². The molecule has 102 valence electrons. The first-order valence-electron chi connectivity index (χ1n) is 7.40. The van der Waals surface area contributed by atoms with E-state index in [0.29, 0.717) is 12.0 Å². The Bertz CT molecular complexity index is 362. The molecular weight excluding hydrogens is 224 g/mol. The average Bonchev–Trinajstić information content (AvgIpc) is 3.00. The molecule has 1 aliphatic carbocycles. The van der Waals surface area contributed by atoms with Crippen molar-refractivity contribution in [2.24, 2.45) is 0 Å². The summed E-state index contributed by atoms with van der Waals surface area (Å²) >= 11 is 0. The van der Waals surface area contributed by atoms with Crippen molar-refractivity contribution < 1.29 is 0 Å². The van der Waals surface area contributed by atoms with Gasteiger partial charge in [-0.3, -0.25) is 0 Å². The molecule has 0 atom stereocenters. The van der Waals surface area contributed by atoms with E-state index in [9.17, 15) is 0 Å². The molecule has 0 aromatic carbocycles. The summed E-state index contributed by atoms with van der Waals surface area (Å²) < 4.78 is 2.22. The van der Waals surface area contributed by atoms with Crippen molar-refractivity contribution in [3.05, 3.63) is 11.4 Å². The summed E-state index contributed by atoms with van der Waals surface area (Å²) in [6, 6.07) is 0.513. The molecule has 0 radical (unpaired) electrons. The highest BCUT2D eigenvalue weighted by Crippen LogP contribution is 2.36. The van der Waals surface area contributed by atoms with Crippen LogP contribution in [0.5, 0.6) is 0 Å². The number of hydrogen-bond acceptors (Lipinski definition) is 3.